The molecule has 2 aromatic carbocycles. The summed E-state index contributed by atoms with van der Waals surface area (Å²) in [7, 11) is 0. The first-order chi connectivity index (χ1) is 9.12. The van der Waals surface area contributed by atoms with Gasteiger partial charge in [0, 0.05) is 5.69 Å². The second kappa shape index (κ2) is 4.21. The molecular weight excluding hydrogens is 238 g/mol. The molecule has 3 heteroatoms. The topological polar surface area (TPSA) is 40.5 Å². The van der Waals surface area contributed by atoms with Gasteiger partial charge in [0.15, 0.2) is 5.60 Å². The van der Waals surface area contributed by atoms with Crippen LogP contribution in [0, 0.1) is 0 Å². The lowest BCUT2D eigenvalue weighted by Crippen LogP contribution is -2.67. The van der Waals surface area contributed by atoms with Crippen molar-refractivity contribution in [1.29, 1.82) is 0 Å². The highest BCUT2D eigenvalue weighted by Crippen LogP contribution is 2.45. The highest BCUT2D eigenvalue weighted by molar-refractivity contribution is 6.07. The van der Waals surface area contributed by atoms with Crippen LogP contribution in [-0.4, -0.2) is 16.6 Å². The Bertz CT molecular complexity index is 593. The monoisotopic (exact) mass is 253 g/mol. The minimum atomic E-state index is -1.34. The Labute approximate surface area is 112 Å². The van der Waals surface area contributed by atoms with Crippen molar-refractivity contribution in [2.45, 2.75) is 18.6 Å². The Hall–Kier alpha value is -2.13. The highest BCUT2D eigenvalue weighted by Gasteiger charge is 2.57. The van der Waals surface area contributed by atoms with Gasteiger partial charge in [0.25, 0.3) is 5.91 Å². The first-order valence-corrected chi connectivity index (χ1v) is 6.28. The maximum Gasteiger partial charge on any atom is 0.261 e. The zero-order valence-corrected chi connectivity index (χ0v) is 10.7. The van der Waals surface area contributed by atoms with Gasteiger partial charge >= 0.3 is 0 Å². The second-order valence-corrected chi connectivity index (χ2v) is 4.97. The van der Waals surface area contributed by atoms with Crippen LogP contribution in [0.5, 0.6) is 0 Å². The van der Waals surface area contributed by atoms with Crippen molar-refractivity contribution in [3.05, 3.63) is 66.2 Å². The number of aliphatic hydroxyl groups is 1. The standard InChI is InChI=1S/C16H15NO2/c1-16(19)14(12-8-4-2-5-9-12)17(15(16)18)13-10-6-3-7-11-13/h2-11,14,19H,1H3/t14-,16-/m0/s1. The zero-order chi connectivity index (χ0) is 13.5. The minimum absolute atomic E-state index is 0.257. The number of hydrogen-bond donors (Lipinski definition) is 1. The summed E-state index contributed by atoms with van der Waals surface area (Å²) in [6.45, 7) is 1.58. The van der Waals surface area contributed by atoms with Gasteiger partial charge in [0.05, 0.1) is 6.04 Å². The van der Waals surface area contributed by atoms with Crippen LogP contribution in [0.25, 0.3) is 0 Å². The molecule has 0 aromatic heterocycles. The summed E-state index contributed by atoms with van der Waals surface area (Å²) < 4.78 is 0. The third-order valence-corrected chi connectivity index (χ3v) is 3.59. The van der Waals surface area contributed by atoms with Crippen molar-refractivity contribution in [2.75, 3.05) is 4.90 Å². The molecule has 0 aliphatic carbocycles. The van der Waals surface area contributed by atoms with Gasteiger partial charge in [0.2, 0.25) is 0 Å². The van der Waals surface area contributed by atoms with Gasteiger partial charge in [-0.2, -0.15) is 0 Å². The molecule has 1 amide bonds. The molecule has 2 atom stereocenters. The second-order valence-electron chi connectivity index (χ2n) is 4.97. The summed E-state index contributed by atoms with van der Waals surface area (Å²) in [6.07, 6.45) is 0. The van der Waals surface area contributed by atoms with Gasteiger partial charge in [-0.3, -0.25) is 9.69 Å². The molecule has 19 heavy (non-hydrogen) atoms. The first kappa shape index (κ1) is 11.9. The first-order valence-electron chi connectivity index (χ1n) is 6.28. The van der Waals surface area contributed by atoms with Crippen LogP contribution in [0.3, 0.4) is 0 Å². The Kier molecular flexibility index (Phi) is 2.64. The molecule has 1 heterocycles. The van der Waals surface area contributed by atoms with E-state index < -0.39 is 5.60 Å². The fourth-order valence-corrected chi connectivity index (χ4v) is 2.63. The lowest BCUT2D eigenvalue weighted by molar-refractivity contribution is -0.151. The van der Waals surface area contributed by atoms with Crippen LogP contribution in [0.1, 0.15) is 18.5 Å². The summed E-state index contributed by atoms with van der Waals surface area (Å²) >= 11 is 0. The molecule has 0 bridgehead atoms. The summed E-state index contributed by atoms with van der Waals surface area (Å²) in [5.74, 6) is -0.257. The van der Waals surface area contributed by atoms with Crippen LogP contribution in [0.2, 0.25) is 0 Å². The van der Waals surface area contributed by atoms with Crippen molar-refractivity contribution in [3.63, 3.8) is 0 Å². The number of β-lactam (4-membered cyclic amide) rings is 1. The molecule has 0 saturated carbocycles. The molecule has 1 aliphatic heterocycles. The zero-order valence-electron chi connectivity index (χ0n) is 10.7. The Morgan fingerprint density at radius 2 is 1.53 bits per heavy atom. The van der Waals surface area contributed by atoms with E-state index in [1.54, 1.807) is 11.8 Å². The molecule has 3 rings (SSSR count). The highest BCUT2D eigenvalue weighted by atomic mass is 16.3. The number of carbonyl (C=O) groups is 1. The number of carbonyl (C=O) groups excluding carboxylic acids is 1. The minimum Gasteiger partial charge on any atom is -0.378 e. The average molecular weight is 253 g/mol. The molecule has 0 unspecified atom stereocenters. The van der Waals surface area contributed by atoms with Gasteiger partial charge < -0.3 is 5.11 Å². The lowest BCUT2D eigenvalue weighted by atomic mass is 9.79. The maximum absolute atomic E-state index is 12.1. The van der Waals surface area contributed by atoms with E-state index in [0.29, 0.717) is 0 Å². The quantitative estimate of drug-likeness (QED) is 0.835. The SMILES string of the molecule is C[C@@]1(O)C(=O)N(c2ccccc2)[C@H]1c1ccccc1. The molecule has 96 valence electrons. The van der Waals surface area contributed by atoms with Crippen LogP contribution >= 0.6 is 0 Å². The molecule has 1 aliphatic rings. The van der Waals surface area contributed by atoms with Crippen molar-refractivity contribution in [2.24, 2.45) is 0 Å². The van der Waals surface area contributed by atoms with E-state index in [2.05, 4.69) is 0 Å². The van der Waals surface area contributed by atoms with Crippen molar-refractivity contribution in [3.8, 4) is 0 Å². The molecule has 3 nitrogen and oxygen atoms in total. The van der Waals surface area contributed by atoms with Gasteiger partial charge in [-0.15, -0.1) is 0 Å². The van der Waals surface area contributed by atoms with E-state index in [4.69, 9.17) is 0 Å². The Morgan fingerprint density at radius 3 is 2.11 bits per heavy atom. The van der Waals surface area contributed by atoms with E-state index in [0.717, 1.165) is 11.3 Å². The van der Waals surface area contributed by atoms with Crippen LogP contribution in [-0.2, 0) is 4.79 Å². The third-order valence-electron chi connectivity index (χ3n) is 3.59. The van der Waals surface area contributed by atoms with E-state index in [9.17, 15) is 9.90 Å². The number of amides is 1. The maximum atomic E-state index is 12.1. The Morgan fingerprint density at radius 1 is 1.00 bits per heavy atom. The number of anilines is 1. The van der Waals surface area contributed by atoms with Crippen molar-refractivity contribution >= 4 is 11.6 Å². The predicted molar refractivity (Wildman–Crippen MR) is 73.7 cm³/mol. The van der Waals surface area contributed by atoms with E-state index in [-0.39, 0.29) is 11.9 Å². The van der Waals surface area contributed by atoms with Gasteiger partial charge in [0.1, 0.15) is 0 Å². The van der Waals surface area contributed by atoms with Gasteiger partial charge in [-0.1, -0.05) is 48.5 Å². The van der Waals surface area contributed by atoms with E-state index >= 15 is 0 Å². The molecule has 0 spiro atoms. The fraction of sp³-hybridized carbons (Fsp3) is 0.188. The summed E-state index contributed by atoms with van der Waals surface area (Å²) in [6, 6.07) is 18.7. The van der Waals surface area contributed by atoms with E-state index in [1.807, 2.05) is 60.7 Å². The number of benzene rings is 2. The van der Waals surface area contributed by atoms with Crippen molar-refractivity contribution < 1.29 is 9.90 Å². The van der Waals surface area contributed by atoms with Crippen molar-refractivity contribution in [1.82, 2.24) is 0 Å². The van der Waals surface area contributed by atoms with Gasteiger partial charge in [-0.05, 0) is 24.6 Å². The smallest absolute Gasteiger partial charge is 0.261 e. The normalized spacial score (nSPS) is 26.1. The molecule has 1 saturated heterocycles. The summed E-state index contributed by atoms with van der Waals surface area (Å²) in [4.78, 5) is 13.8. The molecule has 2 aromatic rings. The molecule has 1 N–H and O–H groups in total. The summed E-state index contributed by atoms with van der Waals surface area (Å²) in [5.41, 5.74) is 0.417. The average Bonchev–Trinajstić information content (AvgIpc) is 2.45. The number of para-hydroxylation sites is 1. The van der Waals surface area contributed by atoms with E-state index in [1.165, 1.54) is 0 Å². The molecule has 1 fully saturated rings. The summed E-state index contributed by atoms with van der Waals surface area (Å²) in [5, 5.41) is 10.3. The van der Waals surface area contributed by atoms with Crippen LogP contribution < -0.4 is 4.90 Å². The molecule has 0 radical (unpaired) electrons. The van der Waals surface area contributed by atoms with Crippen LogP contribution in [0.15, 0.2) is 60.7 Å². The number of nitrogens with zero attached hydrogens (tertiary/aromatic N) is 1. The fourth-order valence-electron chi connectivity index (χ4n) is 2.63. The Balaban J connectivity index is 2.03. The molecular formula is C16H15NO2. The largest absolute Gasteiger partial charge is 0.378 e. The predicted octanol–water partition coefficient (Wildman–Crippen LogP) is 2.53. The number of hydrogen-bond acceptors (Lipinski definition) is 2. The number of rotatable bonds is 2. The third kappa shape index (κ3) is 1.74. The van der Waals surface area contributed by atoms with Crippen LogP contribution in [0.4, 0.5) is 5.69 Å². The van der Waals surface area contributed by atoms with Gasteiger partial charge in [-0.25, -0.2) is 0 Å². The lowest BCUT2D eigenvalue weighted by Gasteiger charge is -2.51.